The van der Waals surface area contributed by atoms with Gasteiger partial charge >= 0.3 is 0 Å². The molecule has 4 nitrogen and oxygen atoms in total. The lowest BCUT2D eigenvalue weighted by Gasteiger charge is -1.98. The van der Waals surface area contributed by atoms with Crippen LogP contribution in [0.15, 0.2) is 49.2 Å². The molecular formula is C13H8N4S. The first-order valence-corrected chi connectivity index (χ1v) is 6.13. The number of nitrogens with zero attached hydrogens (tertiary/aromatic N) is 4. The Kier molecular flexibility index (Phi) is 2.63. The highest BCUT2D eigenvalue weighted by atomic mass is 32.1. The highest BCUT2D eigenvalue weighted by Gasteiger charge is 2.06. The fourth-order valence-electron chi connectivity index (χ4n) is 1.63. The summed E-state index contributed by atoms with van der Waals surface area (Å²) < 4.78 is 1.91. The summed E-state index contributed by atoms with van der Waals surface area (Å²) in [6, 6.07) is 9.70. The molecule has 3 aromatic heterocycles. The third-order valence-corrected chi connectivity index (χ3v) is 3.51. The van der Waals surface area contributed by atoms with Crippen LogP contribution in [0.5, 0.6) is 0 Å². The summed E-state index contributed by atoms with van der Waals surface area (Å²) in [7, 11) is 0. The van der Waals surface area contributed by atoms with Crippen molar-refractivity contribution in [3.05, 3.63) is 54.1 Å². The molecule has 0 radical (unpaired) electrons. The number of nitriles is 1. The normalized spacial score (nSPS) is 10.2. The molecule has 0 saturated carbocycles. The number of pyridine rings is 1. The molecule has 0 bridgehead atoms. The van der Waals surface area contributed by atoms with E-state index in [0.717, 1.165) is 16.3 Å². The molecule has 0 aliphatic rings. The molecule has 0 fully saturated rings. The number of imidazole rings is 1. The van der Waals surface area contributed by atoms with E-state index in [0.29, 0.717) is 4.88 Å². The van der Waals surface area contributed by atoms with Crippen molar-refractivity contribution >= 4 is 11.3 Å². The monoisotopic (exact) mass is 252 g/mol. The van der Waals surface area contributed by atoms with Gasteiger partial charge in [0.25, 0.3) is 0 Å². The maximum Gasteiger partial charge on any atom is 0.110 e. The first-order chi connectivity index (χ1) is 8.86. The predicted molar refractivity (Wildman–Crippen MR) is 69.4 cm³/mol. The van der Waals surface area contributed by atoms with Gasteiger partial charge in [0.15, 0.2) is 0 Å². The molecule has 3 heterocycles. The summed E-state index contributed by atoms with van der Waals surface area (Å²) in [5.74, 6) is 0. The second-order valence-corrected chi connectivity index (χ2v) is 4.74. The SMILES string of the molecule is N#Cc1ccc(-c2cn(-c3cccnc3)cn2)s1. The quantitative estimate of drug-likeness (QED) is 0.704. The van der Waals surface area contributed by atoms with E-state index >= 15 is 0 Å². The Hall–Kier alpha value is -2.45. The molecule has 0 spiro atoms. The number of hydrogen-bond acceptors (Lipinski definition) is 4. The van der Waals surface area contributed by atoms with Crippen molar-refractivity contribution in [1.82, 2.24) is 14.5 Å². The Morgan fingerprint density at radius 2 is 2.22 bits per heavy atom. The average Bonchev–Trinajstić information content (AvgIpc) is 3.08. The zero-order valence-corrected chi connectivity index (χ0v) is 10.1. The summed E-state index contributed by atoms with van der Waals surface area (Å²) in [5.41, 5.74) is 1.83. The van der Waals surface area contributed by atoms with Gasteiger partial charge in [-0.25, -0.2) is 4.98 Å². The van der Waals surface area contributed by atoms with Crippen LogP contribution in [0, 0.1) is 11.3 Å². The second-order valence-electron chi connectivity index (χ2n) is 3.65. The minimum absolute atomic E-state index is 0.695. The zero-order chi connectivity index (χ0) is 12.4. The lowest BCUT2D eigenvalue weighted by molar-refractivity contribution is 1.04. The Morgan fingerprint density at radius 3 is 2.94 bits per heavy atom. The average molecular weight is 252 g/mol. The highest BCUT2D eigenvalue weighted by Crippen LogP contribution is 2.26. The Balaban J connectivity index is 1.97. The van der Waals surface area contributed by atoms with Crippen molar-refractivity contribution in [1.29, 1.82) is 5.26 Å². The lowest BCUT2D eigenvalue weighted by Crippen LogP contribution is -1.89. The molecule has 0 saturated heterocycles. The fourth-order valence-corrected chi connectivity index (χ4v) is 2.40. The van der Waals surface area contributed by atoms with Gasteiger partial charge in [0.2, 0.25) is 0 Å². The molecular weight excluding hydrogens is 244 g/mol. The second kappa shape index (κ2) is 4.43. The van der Waals surface area contributed by atoms with Crippen molar-refractivity contribution in [2.24, 2.45) is 0 Å². The van der Waals surface area contributed by atoms with Crippen LogP contribution < -0.4 is 0 Å². The van der Waals surface area contributed by atoms with Gasteiger partial charge in [-0.15, -0.1) is 11.3 Å². The number of thiophene rings is 1. The molecule has 18 heavy (non-hydrogen) atoms. The number of hydrogen-bond donors (Lipinski definition) is 0. The number of aromatic nitrogens is 3. The van der Waals surface area contributed by atoms with Crippen molar-refractivity contribution in [3.63, 3.8) is 0 Å². The van der Waals surface area contributed by atoms with E-state index in [1.807, 2.05) is 35.0 Å². The first-order valence-electron chi connectivity index (χ1n) is 5.31. The van der Waals surface area contributed by atoms with Crippen LogP contribution in [-0.2, 0) is 0 Å². The van der Waals surface area contributed by atoms with Crippen molar-refractivity contribution < 1.29 is 0 Å². The van der Waals surface area contributed by atoms with Gasteiger partial charge in [0, 0.05) is 12.4 Å². The largest absolute Gasteiger partial charge is 0.304 e. The molecule has 0 amide bonds. The third-order valence-electron chi connectivity index (χ3n) is 2.50. The van der Waals surface area contributed by atoms with E-state index in [1.165, 1.54) is 11.3 Å². The summed E-state index contributed by atoms with van der Waals surface area (Å²) in [6.45, 7) is 0. The van der Waals surface area contributed by atoms with Gasteiger partial charge in [0.1, 0.15) is 10.9 Å². The molecule has 0 aliphatic heterocycles. The Morgan fingerprint density at radius 1 is 1.28 bits per heavy atom. The van der Waals surface area contributed by atoms with Crippen LogP contribution in [-0.4, -0.2) is 14.5 Å². The molecule has 5 heteroatoms. The standard InChI is InChI=1S/C13H8N4S/c14-6-11-3-4-13(18-11)12-8-17(9-16-12)10-2-1-5-15-7-10/h1-5,7-9H. The van der Waals surface area contributed by atoms with E-state index in [1.54, 1.807) is 18.7 Å². The molecule has 3 rings (SSSR count). The minimum Gasteiger partial charge on any atom is -0.304 e. The predicted octanol–water partition coefficient (Wildman–Crippen LogP) is 2.87. The smallest absolute Gasteiger partial charge is 0.110 e. The van der Waals surface area contributed by atoms with Gasteiger partial charge in [-0.3, -0.25) is 4.98 Å². The highest BCUT2D eigenvalue weighted by molar-refractivity contribution is 7.15. The van der Waals surface area contributed by atoms with E-state index in [9.17, 15) is 0 Å². The van der Waals surface area contributed by atoms with Gasteiger partial charge in [-0.05, 0) is 24.3 Å². The van der Waals surface area contributed by atoms with Gasteiger partial charge in [-0.2, -0.15) is 5.26 Å². The maximum atomic E-state index is 8.81. The summed E-state index contributed by atoms with van der Waals surface area (Å²) in [4.78, 5) is 10.1. The maximum absolute atomic E-state index is 8.81. The zero-order valence-electron chi connectivity index (χ0n) is 9.32. The van der Waals surface area contributed by atoms with Crippen LogP contribution in [0.2, 0.25) is 0 Å². The van der Waals surface area contributed by atoms with Crippen molar-refractivity contribution in [3.8, 4) is 22.3 Å². The molecule has 3 aromatic rings. The summed E-state index contributed by atoms with van der Waals surface area (Å²) >= 11 is 1.44. The third kappa shape index (κ3) is 1.90. The van der Waals surface area contributed by atoms with Crippen LogP contribution in [0.25, 0.3) is 16.3 Å². The molecule has 86 valence electrons. The van der Waals surface area contributed by atoms with Crippen LogP contribution in [0.4, 0.5) is 0 Å². The molecule has 0 N–H and O–H groups in total. The molecule has 0 aromatic carbocycles. The van der Waals surface area contributed by atoms with E-state index < -0.39 is 0 Å². The first kappa shape index (κ1) is 10.7. The van der Waals surface area contributed by atoms with Gasteiger partial charge in [0.05, 0.1) is 28.8 Å². The fraction of sp³-hybridized carbons (Fsp3) is 0. The topological polar surface area (TPSA) is 54.5 Å². The number of rotatable bonds is 2. The van der Waals surface area contributed by atoms with E-state index in [4.69, 9.17) is 5.26 Å². The lowest BCUT2D eigenvalue weighted by atomic mass is 10.3. The Labute approximate surface area is 108 Å². The molecule has 0 aliphatic carbocycles. The summed E-state index contributed by atoms with van der Waals surface area (Å²) in [6.07, 6.45) is 7.20. The molecule has 0 atom stereocenters. The van der Waals surface area contributed by atoms with Gasteiger partial charge < -0.3 is 4.57 Å². The minimum atomic E-state index is 0.695. The van der Waals surface area contributed by atoms with Crippen LogP contribution in [0.3, 0.4) is 0 Å². The van der Waals surface area contributed by atoms with Crippen LogP contribution >= 0.6 is 11.3 Å². The summed E-state index contributed by atoms with van der Waals surface area (Å²) in [5, 5.41) is 8.81. The van der Waals surface area contributed by atoms with E-state index in [-0.39, 0.29) is 0 Å². The van der Waals surface area contributed by atoms with Gasteiger partial charge in [-0.1, -0.05) is 0 Å². The van der Waals surface area contributed by atoms with Crippen LogP contribution in [0.1, 0.15) is 4.88 Å². The molecule has 0 unspecified atom stereocenters. The Bertz CT molecular complexity index is 706. The van der Waals surface area contributed by atoms with Crippen molar-refractivity contribution in [2.45, 2.75) is 0 Å². The van der Waals surface area contributed by atoms with E-state index in [2.05, 4.69) is 16.0 Å². The van der Waals surface area contributed by atoms with Crippen molar-refractivity contribution in [2.75, 3.05) is 0 Å².